The minimum Gasteiger partial charge on any atom is -0.342 e. The Balaban J connectivity index is 1.73. The van der Waals surface area contributed by atoms with Crippen LogP contribution in [0.5, 0.6) is 0 Å². The number of anilines is 2. The predicted molar refractivity (Wildman–Crippen MR) is 95.1 cm³/mol. The fraction of sp³-hybridized carbons (Fsp3) is 0.421. The molecule has 1 N–H and O–H groups in total. The number of amides is 1. The van der Waals surface area contributed by atoms with Crippen molar-refractivity contribution < 1.29 is 9.18 Å². The zero-order chi connectivity index (χ0) is 17.8. The van der Waals surface area contributed by atoms with Crippen LogP contribution >= 0.6 is 0 Å². The summed E-state index contributed by atoms with van der Waals surface area (Å²) in [4.78, 5) is 23.0. The van der Waals surface area contributed by atoms with Gasteiger partial charge in [0.15, 0.2) is 0 Å². The molecule has 1 unspecified atom stereocenters. The molecule has 1 fully saturated rings. The summed E-state index contributed by atoms with van der Waals surface area (Å²) >= 11 is 0. The van der Waals surface area contributed by atoms with Gasteiger partial charge in [-0.15, -0.1) is 0 Å². The van der Waals surface area contributed by atoms with Crippen LogP contribution in [0.25, 0.3) is 0 Å². The normalized spacial score (nSPS) is 17.6. The van der Waals surface area contributed by atoms with Gasteiger partial charge in [-0.1, -0.05) is 19.9 Å². The van der Waals surface area contributed by atoms with Crippen molar-refractivity contribution in [3.63, 3.8) is 0 Å². The Labute approximate surface area is 147 Å². The number of likely N-dealkylation sites (tertiary alicyclic amines) is 1. The van der Waals surface area contributed by atoms with Crippen LogP contribution in [0.15, 0.2) is 36.5 Å². The molecule has 1 aromatic carbocycles. The van der Waals surface area contributed by atoms with Gasteiger partial charge < -0.3 is 10.2 Å². The summed E-state index contributed by atoms with van der Waals surface area (Å²) in [5, 5.41) is 3.03. The van der Waals surface area contributed by atoms with Crippen LogP contribution in [0.3, 0.4) is 0 Å². The van der Waals surface area contributed by atoms with Gasteiger partial charge in [0, 0.05) is 36.8 Å². The van der Waals surface area contributed by atoms with Crippen molar-refractivity contribution in [3.05, 3.63) is 48.0 Å². The van der Waals surface area contributed by atoms with Crippen molar-refractivity contribution >= 4 is 17.5 Å². The Morgan fingerprint density at radius 3 is 2.96 bits per heavy atom. The SMILES string of the molecule is CC(C)C(=O)N1CCCC(c2ccnc(Nc3cccc(F)c3)n2)C1. The highest BCUT2D eigenvalue weighted by Crippen LogP contribution is 2.27. The number of nitrogens with zero attached hydrogens (tertiary/aromatic N) is 3. The lowest BCUT2D eigenvalue weighted by Crippen LogP contribution is -2.41. The molecule has 3 rings (SSSR count). The fourth-order valence-corrected chi connectivity index (χ4v) is 3.14. The van der Waals surface area contributed by atoms with Gasteiger partial charge in [-0.25, -0.2) is 14.4 Å². The number of aromatic nitrogens is 2. The molecule has 0 aliphatic carbocycles. The summed E-state index contributed by atoms with van der Waals surface area (Å²) in [5.41, 5.74) is 1.52. The van der Waals surface area contributed by atoms with Crippen molar-refractivity contribution in [1.82, 2.24) is 14.9 Å². The van der Waals surface area contributed by atoms with Gasteiger partial charge in [0.05, 0.1) is 5.69 Å². The van der Waals surface area contributed by atoms with E-state index >= 15 is 0 Å². The molecule has 1 aromatic heterocycles. The molecule has 1 saturated heterocycles. The lowest BCUT2D eigenvalue weighted by atomic mass is 9.94. The standard InChI is InChI=1S/C19H23FN4O/c1-13(2)18(25)24-10-4-5-14(12-24)17-8-9-21-19(23-17)22-16-7-3-6-15(20)11-16/h3,6-9,11,13-14H,4-5,10,12H2,1-2H3,(H,21,22,23). The first-order valence-electron chi connectivity index (χ1n) is 8.67. The number of rotatable bonds is 4. The summed E-state index contributed by atoms with van der Waals surface area (Å²) in [6.07, 6.45) is 3.67. The van der Waals surface area contributed by atoms with E-state index in [1.165, 1.54) is 12.1 Å². The summed E-state index contributed by atoms with van der Waals surface area (Å²) in [5.74, 6) is 0.533. The highest BCUT2D eigenvalue weighted by molar-refractivity contribution is 5.78. The third-order valence-corrected chi connectivity index (χ3v) is 4.40. The van der Waals surface area contributed by atoms with Crippen molar-refractivity contribution in [2.75, 3.05) is 18.4 Å². The Kier molecular flexibility index (Phi) is 5.26. The molecule has 132 valence electrons. The second-order valence-electron chi connectivity index (χ2n) is 6.72. The minimum absolute atomic E-state index is 0.00866. The van der Waals surface area contributed by atoms with Crippen molar-refractivity contribution in [2.45, 2.75) is 32.6 Å². The maximum atomic E-state index is 13.3. The van der Waals surface area contributed by atoms with Crippen LogP contribution in [-0.4, -0.2) is 33.9 Å². The summed E-state index contributed by atoms with van der Waals surface area (Å²) < 4.78 is 13.3. The molecule has 5 nitrogen and oxygen atoms in total. The van der Waals surface area contributed by atoms with Gasteiger partial charge in [-0.05, 0) is 37.1 Å². The number of carbonyl (C=O) groups is 1. The lowest BCUT2D eigenvalue weighted by Gasteiger charge is -2.33. The van der Waals surface area contributed by atoms with Gasteiger partial charge in [0.25, 0.3) is 0 Å². The third kappa shape index (κ3) is 4.32. The molecule has 2 heterocycles. The van der Waals surface area contributed by atoms with E-state index < -0.39 is 0 Å². The smallest absolute Gasteiger partial charge is 0.227 e. The quantitative estimate of drug-likeness (QED) is 0.920. The summed E-state index contributed by atoms with van der Waals surface area (Å²) in [6.45, 7) is 5.36. The van der Waals surface area contributed by atoms with E-state index in [4.69, 9.17) is 0 Å². The molecule has 0 bridgehead atoms. The van der Waals surface area contributed by atoms with Crippen LogP contribution in [0.2, 0.25) is 0 Å². The van der Waals surface area contributed by atoms with E-state index in [1.54, 1.807) is 18.3 Å². The number of nitrogens with one attached hydrogen (secondary N) is 1. The predicted octanol–water partition coefficient (Wildman–Crippen LogP) is 3.72. The van der Waals surface area contributed by atoms with Crippen LogP contribution in [0.1, 0.15) is 38.3 Å². The molecular formula is C19H23FN4O. The van der Waals surface area contributed by atoms with Crippen molar-refractivity contribution in [1.29, 1.82) is 0 Å². The van der Waals surface area contributed by atoms with E-state index in [0.29, 0.717) is 18.2 Å². The Morgan fingerprint density at radius 1 is 1.36 bits per heavy atom. The minimum atomic E-state index is -0.309. The van der Waals surface area contributed by atoms with E-state index in [2.05, 4.69) is 15.3 Å². The second kappa shape index (κ2) is 7.59. The van der Waals surface area contributed by atoms with Gasteiger partial charge in [0.2, 0.25) is 11.9 Å². The van der Waals surface area contributed by atoms with Gasteiger partial charge in [0.1, 0.15) is 5.82 Å². The molecular weight excluding hydrogens is 319 g/mol. The first-order valence-corrected chi connectivity index (χ1v) is 8.67. The summed E-state index contributed by atoms with van der Waals surface area (Å²) in [7, 11) is 0. The molecule has 1 aliphatic heterocycles. The monoisotopic (exact) mass is 342 g/mol. The zero-order valence-electron chi connectivity index (χ0n) is 14.6. The molecule has 0 saturated carbocycles. The number of piperidine rings is 1. The third-order valence-electron chi connectivity index (χ3n) is 4.40. The summed E-state index contributed by atoms with van der Waals surface area (Å²) in [6, 6.07) is 8.09. The number of hydrogen-bond donors (Lipinski definition) is 1. The van der Waals surface area contributed by atoms with Crippen molar-refractivity contribution in [3.8, 4) is 0 Å². The lowest BCUT2D eigenvalue weighted by molar-refractivity contribution is -0.135. The fourth-order valence-electron chi connectivity index (χ4n) is 3.14. The van der Waals surface area contributed by atoms with Crippen molar-refractivity contribution in [2.24, 2.45) is 5.92 Å². The number of carbonyl (C=O) groups excluding carboxylic acids is 1. The number of hydrogen-bond acceptors (Lipinski definition) is 4. The average Bonchev–Trinajstić information content (AvgIpc) is 2.61. The van der Waals surface area contributed by atoms with Crippen LogP contribution in [-0.2, 0) is 4.79 Å². The van der Waals surface area contributed by atoms with Gasteiger partial charge >= 0.3 is 0 Å². The largest absolute Gasteiger partial charge is 0.342 e. The highest BCUT2D eigenvalue weighted by atomic mass is 19.1. The Bertz CT molecular complexity index is 750. The van der Waals surface area contributed by atoms with E-state index in [-0.39, 0.29) is 23.6 Å². The molecule has 2 aromatic rings. The highest BCUT2D eigenvalue weighted by Gasteiger charge is 2.27. The Hall–Kier alpha value is -2.50. The molecule has 0 radical (unpaired) electrons. The van der Waals surface area contributed by atoms with E-state index in [1.807, 2.05) is 24.8 Å². The topological polar surface area (TPSA) is 58.1 Å². The van der Waals surface area contributed by atoms with Crippen LogP contribution < -0.4 is 5.32 Å². The van der Waals surface area contributed by atoms with E-state index in [0.717, 1.165) is 25.1 Å². The molecule has 1 aliphatic rings. The molecule has 25 heavy (non-hydrogen) atoms. The maximum absolute atomic E-state index is 13.3. The van der Waals surface area contributed by atoms with E-state index in [9.17, 15) is 9.18 Å². The van der Waals surface area contributed by atoms with Gasteiger partial charge in [-0.3, -0.25) is 4.79 Å². The zero-order valence-corrected chi connectivity index (χ0v) is 14.6. The average molecular weight is 342 g/mol. The molecule has 6 heteroatoms. The first-order chi connectivity index (χ1) is 12.0. The molecule has 0 spiro atoms. The Morgan fingerprint density at radius 2 is 2.20 bits per heavy atom. The van der Waals surface area contributed by atoms with Gasteiger partial charge in [-0.2, -0.15) is 0 Å². The maximum Gasteiger partial charge on any atom is 0.227 e. The first kappa shape index (κ1) is 17.3. The number of halogens is 1. The van der Waals surface area contributed by atoms with Crippen LogP contribution in [0.4, 0.5) is 16.0 Å². The number of benzene rings is 1. The molecule has 1 atom stereocenters. The van der Waals surface area contributed by atoms with Crippen LogP contribution in [0, 0.1) is 11.7 Å². The molecule has 1 amide bonds. The second-order valence-corrected chi connectivity index (χ2v) is 6.72.